The molecule has 2 fully saturated rings. The van der Waals surface area contributed by atoms with Crippen molar-refractivity contribution in [1.82, 2.24) is 0 Å². The van der Waals surface area contributed by atoms with E-state index >= 15 is 0 Å². The van der Waals surface area contributed by atoms with E-state index in [1.807, 2.05) is 6.92 Å². The van der Waals surface area contributed by atoms with Crippen LogP contribution in [0.3, 0.4) is 0 Å². The minimum Gasteiger partial charge on any atom is -0.274 e. The van der Waals surface area contributed by atoms with Gasteiger partial charge in [-0.2, -0.15) is 0 Å². The lowest BCUT2D eigenvalue weighted by molar-refractivity contribution is -0.384. The average Bonchev–Trinajstić information content (AvgIpc) is 3.10. The van der Waals surface area contributed by atoms with Crippen LogP contribution in [0.5, 0.6) is 0 Å². The number of imide groups is 1. The van der Waals surface area contributed by atoms with E-state index in [0.29, 0.717) is 5.69 Å². The smallest absolute Gasteiger partial charge is 0.271 e. The van der Waals surface area contributed by atoms with Gasteiger partial charge in [0.05, 0.1) is 22.4 Å². The van der Waals surface area contributed by atoms with Gasteiger partial charge in [0.2, 0.25) is 11.8 Å². The van der Waals surface area contributed by atoms with Gasteiger partial charge < -0.3 is 0 Å². The molecule has 1 aromatic carbocycles. The van der Waals surface area contributed by atoms with Gasteiger partial charge in [-0.25, -0.2) is 4.90 Å². The van der Waals surface area contributed by atoms with Crippen LogP contribution in [0.1, 0.15) is 13.3 Å². The predicted octanol–water partition coefficient (Wildman–Crippen LogP) is 2.30. The number of rotatable bonds is 2. The Morgan fingerprint density at radius 3 is 2.68 bits per heavy atom. The number of hydrogen-bond acceptors (Lipinski definition) is 4. The highest BCUT2D eigenvalue weighted by Crippen LogP contribution is 2.55. The fourth-order valence-corrected chi connectivity index (χ4v) is 4.27. The van der Waals surface area contributed by atoms with Crippen molar-refractivity contribution in [1.29, 1.82) is 0 Å². The third kappa shape index (κ3) is 1.55. The Labute approximate surface area is 126 Å². The molecule has 2 aliphatic carbocycles. The lowest BCUT2D eigenvalue weighted by atomic mass is 9.82. The second kappa shape index (κ2) is 4.25. The Morgan fingerprint density at radius 2 is 1.95 bits per heavy atom. The Hall–Kier alpha value is -2.50. The molecule has 4 atom stereocenters. The van der Waals surface area contributed by atoms with Crippen molar-refractivity contribution in [3.8, 4) is 0 Å². The number of anilines is 1. The molecule has 1 saturated heterocycles. The molecule has 22 heavy (non-hydrogen) atoms. The van der Waals surface area contributed by atoms with Crippen LogP contribution in [-0.4, -0.2) is 16.7 Å². The number of carbonyl (C=O) groups excluding carboxylic acids is 2. The van der Waals surface area contributed by atoms with Crippen LogP contribution < -0.4 is 4.90 Å². The Morgan fingerprint density at radius 1 is 1.23 bits per heavy atom. The summed E-state index contributed by atoms with van der Waals surface area (Å²) in [6, 6.07) is 5.72. The van der Waals surface area contributed by atoms with Crippen LogP contribution >= 0.6 is 0 Å². The molecule has 0 radical (unpaired) electrons. The Bertz CT molecular complexity index is 754. The van der Waals surface area contributed by atoms with Crippen molar-refractivity contribution >= 4 is 23.2 Å². The maximum atomic E-state index is 12.7. The number of nitro groups is 1. The first-order chi connectivity index (χ1) is 10.5. The summed E-state index contributed by atoms with van der Waals surface area (Å²) < 4.78 is 0. The molecule has 0 aromatic heterocycles. The molecule has 0 unspecified atom stereocenters. The van der Waals surface area contributed by atoms with E-state index in [4.69, 9.17) is 0 Å². The largest absolute Gasteiger partial charge is 0.274 e. The van der Waals surface area contributed by atoms with Gasteiger partial charge in [-0.15, -0.1) is 0 Å². The zero-order valence-electron chi connectivity index (χ0n) is 11.9. The third-order valence-electron chi connectivity index (χ3n) is 5.18. The number of allylic oxidation sites excluding steroid dienone is 2. The molecule has 112 valence electrons. The molecule has 4 rings (SSSR count). The van der Waals surface area contributed by atoms with Gasteiger partial charge in [0.25, 0.3) is 5.69 Å². The van der Waals surface area contributed by atoms with Gasteiger partial charge in [0.15, 0.2) is 0 Å². The van der Waals surface area contributed by atoms with Crippen LogP contribution in [0.4, 0.5) is 11.4 Å². The molecule has 1 aromatic rings. The maximum Gasteiger partial charge on any atom is 0.271 e. The monoisotopic (exact) mass is 298 g/mol. The van der Waals surface area contributed by atoms with Crippen LogP contribution in [0.15, 0.2) is 35.9 Å². The number of non-ortho nitro benzene ring substituents is 1. The van der Waals surface area contributed by atoms with Crippen molar-refractivity contribution < 1.29 is 14.5 Å². The number of fused-ring (bicyclic) bond motifs is 5. The van der Waals surface area contributed by atoms with E-state index < -0.39 is 4.92 Å². The van der Waals surface area contributed by atoms with Crippen molar-refractivity contribution in [3.05, 3.63) is 46.0 Å². The Balaban J connectivity index is 1.74. The topological polar surface area (TPSA) is 80.5 Å². The highest BCUT2D eigenvalue weighted by Gasteiger charge is 2.60. The molecular weight excluding hydrogens is 284 g/mol. The van der Waals surface area contributed by atoms with Gasteiger partial charge in [-0.05, 0) is 31.2 Å². The number of benzene rings is 1. The number of hydrogen-bond donors (Lipinski definition) is 0. The number of amides is 2. The summed E-state index contributed by atoms with van der Waals surface area (Å²) in [6.45, 7) is 2.01. The SMILES string of the molecule is CC1=C[C@@H]2C[C@H]1[C@@H]1C(=O)N(c3cccc([N+](=O)[O-])c3)C(=O)[C@H]12. The summed E-state index contributed by atoms with van der Waals surface area (Å²) in [5, 5.41) is 10.9. The Kier molecular flexibility index (Phi) is 2.55. The number of nitrogens with zero attached hydrogens (tertiary/aromatic N) is 2. The maximum absolute atomic E-state index is 12.7. The summed E-state index contributed by atoms with van der Waals surface area (Å²) >= 11 is 0. The lowest BCUT2D eigenvalue weighted by Crippen LogP contribution is -2.32. The third-order valence-corrected chi connectivity index (χ3v) is 5.18. The van der Waals surface area contributed by atoms with E-state index in [-0.39, 0.29) is 41.2 Å². The zero-order chi connectivity index (χ0) is 15.6. The van der Waals surface area contributed by atoms with Gasteiger partial charge in [0.1, 0.15) is 0 Å². The van der Waals surface area contributed by atoms with Crippen LogP contribution in [-0.2, 0) is 9.59 Å². The summed E-state index contributed by atoms with van der Waals surface area (Å²) in [4.78, 5) is 36.9. The fourth-order valence-electron chi connectivity index (χ4n) is 4.27. The lowest BCUT2D eigenvalue weighted by Gasteiger charge is -2.19. The molecule has 0 N–H and O–H groups in total. The van der Waals surface area contributed by atoms with Crippen LogP contribution in [0.25, 0.3) is 0 Å². The van der Waals surface area contributed by atoms with E-state index in [1.54, 1.807) is 6.07 Å². The first-order valence-electron chi connectivity index (χ1n) is 7.29. The normalized spacial score (nSPS) is 32.4. The zero-order valence-corrected chi connectivity index (χ0v) is 11.9. The summed E-state index contributed by atoms with van der Waals surface area (Å²) in [5.41, 5.74) is 1.37. The van der Waals surface area contributed by atoms with Crippen molar-refractivity contribution in [2.75, 3.05) is 4.90 Å². The second-order valence-electron chi connectivity index (χ2n) is 6.26. The molecule has 0 spiro atoms. The number of nitro benzene ring substituents is 1. The molecule has 1 aliphatic heterocycles. The molecule has 2 amide bonds. The van der Waals surface area contributed by atoms with Crippen molar-refractivity contribution in [2.24, 2.45) is 23.7 Å². The predicted molar refractivity (Wildman–Crippen MR) is 77.9 cm³/mol. The van der Waals surface area contributed by atoms with E-state index in [1.165, 1.54) is 23.8 Å². The minimum atomic E-state index is -0.523. The van der Waals surface area contributed by atoms with Crippen molar-refractivity contribution in [3.63, 3.8) is 0 Å². The quantitative estimate of drug-likeness (QED) is 0.363. The van der Waals surface area contributed by atoms with Crippen LogP contribution in [0, 0.1) is 33.8 Å². The number of carbonyl (C=O) groups is 2. The first kappa shape index (κ1) is 13.2. The van der Waals surface area contributed by atoms with Gasteiger partial charge in [-0.3, -0.25) is 19.7 Å². The average molecular weight is 298 g/mol. The standard InChI is InChI=1S/C16H14N2O4/c1-8-5-9-6-12(8)14-13(9)15(19)17(16(14)20)10-3-2-4-11(7-10)18(21)22/h2-5,7,9,12-14H,6H2,1H3/t9-,12-,13+,14+/m1/s1. The fraction of sp³-hybridized carbons (Fsp3) is 0.375. The van der Waals surface area contributed by atoms with Gasteiger partial charge in [-0.1, -0.05) is 17.7 Å². The molecule has 1 saturated carbocycles. The molecule has 3 aliphatic rings. The van der Waals surface area contributed by atoms with E-state index in [9.17, 15) is 19.7 Å². The summed E-state index contributed by atoms with van der Waals surface area (Å²) in [6.07, 6.45) is 2.98. The van der Waals surface area contributed by atoms with E-state index in [2.05, 4.69) is 6.08 Å². The van der Waals surface area contributed by atoms with E-state index in [0.717, 1.165) is 11.3 Å². The minimum absolute atomic E-state index is 0.118. The molecule has 1 heterocycles. The summed E-state index contributed by atoms with van der Waals surface area (Å²) in [5.74, 6) is -0.727. The highest BCUT2D eigenvalue weighted by atomic mass is 16.6. The summed E-state index contributed by atoms with van der Waals surface area (Å²) in [7, 11) is 0. The van der Waals surface area contributed by atoms with Crippen LogP contribution in [0.2, 0.25) is 0 Å². The van der Waals surface area contributed by atoms with Gasteiger partial charge >= 0.3 is 0 Å². The highest BCUT2D eigenvalue weighted by molar-refractivity contribution is 6.23. The molecular formula is C16H14N2O4. The molecule has 6 heteroatoms. The first-order valence-corrected chi connectivity index (χ1v) is 7.29. The van der Waals surface area contributed by atoms with Crippen molar-refractivity contribution in [2.45, 2.75) is 13.3 Å². The second-order valence-corrected chi connectivity index (χ2v) is 6.26. The molecule has 6 nitrogen and oxygen atoms in total. The van der Waals surface area contributed by atoms with Gasteiger partial charge in [0, 0.05) is 12.1 Å². The molecule has 2 bridgehead atoms.